The fourth-order valence-corrected chi connectivity index (χ4v) is 5.53. The lowest BCUT2D eigenvalue weighted by Crippen LogP contribution is -2.44. The van der Waals surface area contributed by atoms with Gasteiger partial charge in [0.25, 0.3) is 5.56 Å². The highest BCUT2D eigenvalue weighted by atomic mass is 31.3. The lowest BCUT2D eigenvalue weighted by atomic mass is 9.99. The number of aliphatic hydroxyl groups excluding tert-OH is 2. The number of hydrogen-bond donors (Lipinski definition) is 7. The van der Waals surface area contributed by atoms with Crippen molar-refractivity contribution in [2.24, 2.45) is 0 Å². The van der Waals surface area contributed by atoms with E-state index in [9.17, 15) is 38.4 Å². The fraction of sp³-hybridized carbons (Fsp3) is 0.600. The Hall–Kier alpha value is -1.03. The van der Waals surface area contributed by atoms with Crippen molar-refractivity contribution in [3.63, 3.8) is 0 Å². The molecule has 0 amide bonds. The molecule has 0 saturated carbocycles. The smallest absolute Gasteiger partial charge is 0.387 e. The predicted molar refractivity (Wildman–Crippen MR) is 91.7 cm³/mol. The molecule has 0 aromatic carbocycles. The van der Waals surface area contributed by atoms with E-state index in [-0.39, 0.29) is 0 Å². The number of hydrogen-bond acceptors (Lipinski definition) is 11. The highest BCUT2D eigenvalue weighted by Crippen LogP contribution is 2.66. The summed E-state index contributed by atoms with van der Waals surface area (Å²) in [6.45, 7) is -0.00813. The summed E-state index contributed by atoms with van der Waals surface area (Å²) in [6.07, 6.45) is -4.24. The Balaban J connectivity index is 2.15. The molecule has 1 aliphatic rings. The molecule has 7 N–H and O–H groups in total. The Morgan fingerprint density at radius 3 is 2.27 bits per heavy atom. The minimum atomic E-state index is -5.75. The normalized spacial score (nSPS) is 31.2. The zero-order valence-corrected chi connectivity index (χ0v) is 17.4. The van der Waals surface area contributed by atoms with E-state index < -0.39 is 65.4 Å². The molecule has 17 nitrogen and oxygen atoms in total. The van der Waals surface area contributed by atoms with Crippen LogP contribution in [0.2, 0.25) is 0 Å². The van der Waals surface area contributed by atoms with Crippen LogP contribution in [0.1, 0.15) is 13.2 Å². The van der Waals surface area contributed by atoms with Crippen LogP contribution in [0.3, 0.4) is 0 Å². The standard InChI is InChI=1S/C10H17N2O15P3/c1-10(4-24-29(20,21)27-30(22,23)26-28(17,18)19)7(15)6(14)8(25-10)12-3-2-5(13)11-9(12)16/h2-3,6-8,14-15H,4H2,1H3,(H,20,21)(H,22,23)(H,11,13,16)(H2,17,18,19)/t6-,7?,8+,10+/m0/s1. The van der Waals surface area contributed by atoms with Gasteiger partial charge in [0.15, 0.2) is 6.23 Å². The molecular formula is C10H17N2O15P3. The second-order valence-corrected chi connectivity index (χ2v) is 10.6. The summed E-state index contributed by atoms with van der Waals surface area (Å²) >= 11 is 0. The van der Waals surface area contributed by atoms with Crippen molar-refractivity contribution in [3.05, 3.63) is 33.1 Å². The average Bonchev–Trinajstić information content (AvgIpc) is 2.75. The van der Waals surface area contributed by atoms with E-state index in [4.69, 9.17) is 19.4 Å². The van der Waals surface area contributed by atoms with Gasteiger partial charge in [0.2, 0.25) is 0 Å². The SMILES string of the molecule is C[C@]1(COP(=O)(O)OP(=O)(O)OP(=O)(O)O)O[C@@H](n2ccc(=O)[nH]c2=O)[C@@H](O)C1O. The Morgan fingerprint density at radius 1 is 1.13 bits per heavy atom. The second kappa shape index (κ2) is 8.48. The van der Waals surface area contributed by atoms with Crippen molar-refractivity contribution in [1.29, 1.82) is 0 Å². The number of rotatable bonds is 8. The van der Waals surface area contributed by atoms with E-state index in [1.165, 1.54) is 0 Å². The monoisotopic (exact) mass is 498 g/mol. The number of ether oxygens (including phenoxy) is 1. The molecule has 172 valence electrons. The van der Waals surface area contributed by atoms with Gasteiger partial charge < -0.3 is 34.5 Å². The molecule has 20 heteroatoms. The summed E-state index contributed by atoms with van der Waals surface area (Å²) in [5, 5.41) is 20.3. The summed E-state index contributed by atoms with van der Waals surface area (Å²) in [5.41, 5.74) is -3.75. The van der Waals surface area contributed by atoms with Crippen LogP contribution in [-0.4, -0.2) is 63.8 Å². The van der Waals surface area contributed by atoms with E-state index in [1.807, 2.05) is 4.98 Å². The zero-order valence-electron chi connectivity index (χ0n) is 14.7. The molecule has 0 bridgehead atoms. The number of nitrogens with one attached hydrogen (secondary N) is 1. The predicted octanol–water partition coefficient (Wildman–Crippen LogP) is -2.11. The fourth-order valence-electron chi connectivity index (χ4n) is 2.41. The van der Waals surface area contributed by atoms with Gasteiger partial charge in [0.05, 0.1) is 6.61 Å². The molecule has 3 unspecified atom stereocenters. The maximum absolute atomic E-state index is 11.8. The molecule has 1 fully saturated rings. The van der Waals surface area contributed by atoms with Crippen LogP contribution < -0.4 is 11.2 Å². The molecule has 6 atom stereocenters. The summed E-state index contributed by atoms with van der Waals surface area (Å²) in [7, 11) is -16.8. The van der Waals surface area contributed by atoms with Crippen LogP contribution in [-0.2, 0) is 31.6 Å². The van der Waals surface area contributed by atoms with Gasteiger partial charge in [-0.3, -0.25) is 18.9 Å². The molecule has 0 radical (unpaired) electrons. The van der Waals surface area contributed by atoms with Crippen LogP contribution in [0.15, 0.2) is 21.9 Å². The largest absolute Gasteiger partial charge is 0.490 e. The number of H-pyrrole nitrogens is 1. The number of phosphoric acid groups is 3. The first kappa shape index (κ1) is 25.2. The first-order valence-electron chi connectivity index (χ1n) is 7.58. The number of aromatic nitrogens is 2. The van der Waals surface area contributed by atoms with Crippen LogP contribution >= 0.6 is 23.5 Å². The topological polar surface area (TPSA) is 264 Å². The lowest BCUT2D eigenvalue weighted by molar-refractivity contribution is -0.116. The Morgan fingerprint density at radius 2 is 1.73 bits per heavy atom. The van der Waals surface area contributed by atoms with Crippen LogP contribution in [0.4, 0.5) is 0 Å². The van der Waals surface area contributed by atoms with Gasteiger partial charge in [-0.15, -0.1) is 0 Å². The van der Waals surface area contributed by atoms with Gasteiger partial charge in [0, 0.05) is 12.3 Å². The van der Waals surface area contributed by atoms with Crippen molar-refractivity contribution in [2.75, 3.05) is 6.61 Å². The molecule has 1 saturated heterocycles. The van der Waals surface area contributed by atoms with Gasteiger partial charge in [-0.2, -0.15) is 8.62 Å². The summed E-state index contributed by atoms with van der Waals surface area (Å²) < 4.78 is 51.2. The van der Waals surface area contributed by atoms with E-state index in [0.29, 0.717) is 4.57 Å². The van der Waals surface area contributed by atoms with Crippen molar-refractivity contribution < 1.29 is 61.4 Å². The number of aliphatic hydroxyl groups is 2. The van der Waals surface area contributed by atoms with Crippen molar-refractivity contribution >= 4 is 23.5 Å². The molecule has 2 heterocycles. The Bertz CT molecular complexity index is 1050. The minimum absolute atomic E-state index is 0.714. The summed E-state index contributed by atoms with van der Waals surface area (Å²) in [6, 6.07) is 0.922. The van der Waals surface area contributed by atoms with Gasteiger partial charge in [-0.1, -0.05) is 0 Å². The summed E-state index contributed by atoms with van der Waals surface area (Å²) in [5.74, 6) is 0. The average molecular weight is 498 g/mol. The zero-order chi connectivity index (χ0) is 23.1. The lowest BCUT2D eigenvalue weighted by Gasteiger charge is -2.28. The van der Waals surface area contributed by atoms with Gasteiger partial charge >= 0.3 is 29.2 Å². The maximum Gasteiger partial charge on any atom is 0.490 e. The Labute approximate surface area is 165 Å². The van der Waals surface area contributed by atoms with E-state index in [2.05, 4.69) is 13.1 Å². The van der Waals surface area contributed by atoms with Gasteiger partial charge in [-0.25, -0.2) is 18.5 Å². The first-order valence-corrected chi connectivity index (χ1v) is 12.1. The minimum Gasteiger partial charge on any atom is -0.387 e. The van der Waals surface area contributed by atoms with Crippen LogP contribution in [0.5, 0.6) is 0 Å². The molecule has 0 aliphatic carbocycles. The Kier molecular flexibility index (Phi) is 7.14. The first-order chi connectivity index (χ1) is 13.4. The van der Waals surface area contributed by atoms with Gasteiger partial charge in [0.1, 0.15) is 17.8 Å². The van der Waals surface area contributed by atoms with Crippen molar-refractivity contribution in [1.82, 2.24) is 9.55 Å². The number of nitrogens with zero attached hydrogens (tertiary/aromatic N) is 1. The quantitative estimate of drug-likeness (QED) is 0.189. The summed E-state index contributed by atoms with van der Waals surface area (Å²) in [4.78, 5) is 60.4. The molecule has 2 rings (SSSR count). The molecule has 1 aromatic rings. The number of aromatic amines is 1. The molecule has 1 aromatic heterocycles. The van der Waals surface area contributed by atoms with Crippen molar-refractivity contribution in [3.8, 4) is 0 Å². The number of phosphoric ester groups is 1. The highest BCUT2D eigenvalue weighted by molar-refractivity contribution is 7.66. The third-order valence-electron chi connectivity index (χ3n) is 3.69. The molecule has 0 spiro atoms. The maximum atomic E-state index is 11.8. The highest BCUT2D eigenvalue weighted by Gasteiger charge is 2.54. The van der Waals surface area contributed by atoms with Crippen LogP contribution in [0.25, 0.3) is 0 Å². The van der Waals surface area contributed by atoms with Gasteiger partial charge in [-0.05, 0) is 6.92 Å². The van der Waals surface area contributed by atoms with E-state index in [1.54, 1.807) is 0 Å². The second-order valence-electron chi connectivity index (χ2n) is 6.14. The van der Waals surface area contributed by atoms with E-state index >= 15 is 0 Å². The van der Waals surface area contributed by atoms with Crippen LogP contribution in [0, 0.1) is 0 Å². The molecular weight excluding hydrogens is 481 g/mol. The third-order valence-corrected chi connectivity index (χ3v) is 7.47. The van der Waals surface area contributed by atoms with Crippen molar-refractivity contribution in [2.45, 2.75) is 31.0 Å². The van der Waals surface area contributed by atoms with E-state index in [0.717, 1.165) is 19.2 Å². The third kappa shape index (κ3) is 6.24. The molecule has 30 heavy (non-hydrogen) atoms. The molecule has 1 aliphatic heterocycles.